The number of rotatable bonds is 18. The van der Waals surface area contributed by atoms with Gasteiger partial charge in [0.05, 0.1) is 20.8 Å². The molecule has 1 heterocycles. The summed E-state index contributed by atoms with van der Waals surface area (Å²) < 4.78 is 17.2. The molecule has 1 fully saturated rings. The Labute approximate surface area is 268 Å². The van der Waals surface area contributed by atoms with Crippen LogP contribution < -0.4 is 19.5 Å². The zero-order valence-electron chi connectivity index (χ0n) is 27.8. The van der Waals surface area contributed by atoms with Crippen LogP contribution in [0, 0.1) is 5.41 Å². The molecule has 1 saturated heterocycles. The van der Waals surface area contributed by atoms with E-state index in [1.807, 2.05) is 45.0 Å². The number of aliphatic hydroxyl groups excluding tert-OH is 1. The smallest absolute Gasteiger partial charge is 0.290 e. The Bertz CT molecular complexity index is 1280. The highest BCUT2D eigenvalue weighted by atomic mass is 16.5. The summed E-state index contributed by atoms with van der Waals surface area (Å²) in [6.07, 6.45) is 7.36. The monoisotopic (exact) mass is 624 g/mol. The Hall–Kier alpha value is -3.59. The van der Waals surface area contributed by atoms with Crippen molar-refractivity contribution < 1.29 is 33.7 Å². The number of ether oxygens (including phenoxy) is 3. The van der Waals surface area contributed by atoms with Gasteiger partial charge in [-0.05, 0) is 94.0 Å². The molecular formula is C36H52N2O7. The maximum Gasteiger partial charge on any atom is 0.290 e. The predicted molar refractivity (Wildman–Crippen MR) is 175 cm³/mol. The quantitative estimate of drug-likeness (QED) is 0.176. The molecule has 2 aromatic carbocycles. The number of hydrogen-bond acceptors (Lipinski definition) is 7. The molecule has 0 aromatic heterocycles. The highest BCUT2D eigenvalue weighted by molar-refractivity contribution is 6.38. The number of carbonyl (C=O) groups excluding carboxylic acids is 3. The molecule has 1 unspecified atom stereocenters. The summed E-state index contributed by atoms with van der Waals surface area (Å²) in [5.74, 6) is 1.29. The van der Waals surface area contributed by atoms with Crippen molar-refractivity contribution in [1.82, 2.24) is 10.2 Å². The first kappa shape index (κ1) is 35.9. The van der Waals surface area contributed by atoms with E-state index in [1.165, 1.54) is 0 Å². The van der Waals surface area contributed by atoms with E-state index in [4.69, 9.17) is 19.3 Å². The van der Waals surface area contributed by atoms with Crippen molar-refractivity contribution in [3.63, 3.8) is 0 Å². The summed E-state index contributed by atoms with van der Waals surface area (Å²) in [6, 6.07) is 12.1. The maximum atomic E-state index is 13.4. The number of likely N-dealkylation sites (tertiary alicyclic amines) is 1. The van der Waals surface area contributed by atoms with Crippen molar-refractivity contribution in [3.8, 4) is 17.2 Å². The summed E-state index contributed by atoms with van der Waals surface area (Å²) in [5.41, 5.74) is 2.48. The number of ketones is 1. The van der Waals surface area contributed by atoms with Crippen LogP contribution in [0.1, 0.15) is 82.4 Å². The van der Waals surface area contributed by atoms with E-state index in [0.29, 0.717) is 56.9 Å². The molecule has 0 bridgehead atoms. The number of Topliss-reactive ketones (excluding diaryl/α,β-unsaturated/α-hetero) is 1. The van der Waals surface area contributed by atoms with E-state index < -0.39 is 5.41 Å². The fourth-order valence-corrected chi connectivity index (χ4v) is 5.87. The van der Waals surface area contributed by atoms with Gasteiger partial charge in [-0.25, -0.2) is 0 Å². The molecule has 0 aliphatic carbocycles. The van der Waals surface area contributed by atoms with E-state index in [-0.39, 0.29) is 30.2 Å². The Morgan fingerprint density at radius 3 is 2.53 bits per heavy atom. The van der Waals surface area contributed by atoms with E-state index in [2.05, 4.69) is 17.4 Å². The molecule has 2 amide bonds. The number of aryl methyl sites for hydroxylation is 2. The molecule has 1 aliphatic heterocycles. The lowest BCUT2D eigenvalue weighted by Crippen LogP contribution is -2.48. The van der Waals surface area contributed by atoms with Crippen LogP contribution >= 0.6 is 0 Å². The number of amides is 2. The van der Waals surface area contributed by atoms with Crippen molar-refractivity contribution in [2.45, 2.75) is 91.0 Å². The molecule has 0 saturated carbocycles. The third kappa shape index (κ3) is 10.5. The van der Waals surface area contributed by atoms with E-state index in [9.17, 15) is 14.4 Å². The average Bonchev–Trinajstić information content (AvgIpc) is 3.04. The van der Waals surface area contributed by atoms with Gasteiger partial charge in [0.1, 0.15) is 12.4 Å². The van der Waals surface area contributed by atoms with Crippen LogP contribution in [0.3, 0.4) is 0 Å². The zero-order valence-corrected chi connectivity index (χ0v) is 27.8. The molecule has 9 heteroatoms. The van der Waals surface area contributed by atoms with Crippen molar-refractivity contribution in [2.24, 2.45) is 5.41 Å². The second-order valence-electron chi connectivity index (χ2n) is 12.5. The minimum atomic E-state index is -0.817. The van der Waals surface area contributed by atoms with Crippen LogP contribution in [0.15, 0.2) is 36.4 Å². The average molecular weight is 625 g/mol. The Morgan fingerprint density at radius 1 is 1.02 bits per heavy atom. The second kappa shape index (κ2) is 17.8. The minimum Gasteiger partial charge on any atom is -0.493 e. The Kier molecular flexibility index (Phi) is 14.2. The molecule has 45 heavy (non-hydrogen) atoms. The first-order valence-electron chi connectivity index (χ1n) is 16.3. The molecule has 1 aliphatic rings. The lowest BCUT2D eigenvalue weighted by Gasteiger charge is -2.35. The Morgan fingerprint density at radius 2 is 1.82 bits per heavy atom. The van der Waals surface area contributed by atoms with Gasteiger partial charge in [-0.2, -0.15) is 0 Å². The van der Waals surface area contributed by atoms with Gasteiger partial charge in [-0.1, -0.05) is 32.0 Å². The van der Waals surface area contributed by atoms with E-state index in [0.717, 1.165) is 61.0 Å². The summed E-state index contributed by atoms with van der Waals surface area (Å²) in [4.78, 5) is 40.1. The first-order valence-corrected chi connectivity index (χ1v) is 16.3. The molecule has 1 atom stereocenters. The molecule has 248 valence electrons. The van der Waals surface area contributed by atoms with Crippen molar-refractivity contribution in [3.05, 3.63) is 53.1 Å². The van der Waals surface area contributed by atoms with E-state index in [1.54, 1.807) is 19.1 Å². The fraction of sp³-hybridized carbons (Fsp3) is 0.583. The minimum absolute atomic E-state index is 0.00376. The van der Waals surface area contributed by atoms with Gasteiger partial charge in [-0.15, -0.1) is 0 Å². The SMILES string of the molecule is COc1ccc(CCCc2cccc(OCCNC(=O)CCCO)c2)c(CCC(C)(C)C(=O)C(=O)N2CCCCC2C)c1OC. The molecule has 0 spiro atoms. The van der Waals surface area contributed by atoms with Gasteiger partial charge in [-0.3, -0.25) is 14.4 Å². The van der Waals surface area contributed by atoms with Crippen LogP contribution in [0.25, 0.3) is 0 Å². The van der Waals surface area contributed by atoms with Gasteiger partial charge in [0.15, 0.2) is 11.5 Å². The molecule has 3 rings (SSSR count). The van der Waals surface area contributed by atoms with Crippen LogP contribution in [-0.4, -0.2) is 74.2 Å². The second-order valence-corrected chi connectivity index (χ2v) is 12.5. The standard InChI is InChI=1S/C36H52N2O7/c1-26-11-6-7-22-38(26)35(42)34(41)36(2,3)20-19-30-28(17-18-31(43-4)33(30)44-5)14-8-12-27-13-9-15-29(25-27)45-24-21-37-32(40)16-10-23-39/h9,13,15,17-18,25-26,39H,6-8,10-12,14,16,19-24H2,1-5H3,(H,37,40). The predicted octanol–water partition coefficient (Wildman–Crippen LogP) is 5.08. The van der Waals surface area contributed by atoms with Gasteiger partial charge < -0.3 is 29.5 Å². The number of benzene rings is 2. The molecule has 2 aromatic rings. The Balaban J connectivity index is 1.62. The van der Waals surface area contributed by atoms with Gasteiger partial charge >= 0.3 is 0 Å². The topological polar surface area (TPSA) is 114 Å². The first-order chi connectivity index (χ1) is 21.6. The summed E-state index contributed by atoms with van der Waals surface area (Å²) in [6.45, 7) is 7.19. The van der Waals surface area contributed by atoms with Crippen molar-refractivity contribution >= 4 is 17.6 Å². The van der Waals surface area contributed by atoms with E-state index >= 15 is 0 Å². The third-order valence-electron chi connectivity index (χ3n) is 8.68. The highest BCUT2D eigenvalue weighted by Gasteiger charge is 2.37. The number of aliphatic hydroxyl groups is 1. The summed E-state index contributed by atoms with van der Waals surface area (Å²) >= 11 is 0. The van der Waals surface area contributed by atoms with Crippen LogP contribution in [0.5, 0.6) is 17.2 Å². The van der Waals surface area contributed by atoms with Crippen LogP contribution in [-0.2, 0) is 33.6 Å². The van der Waals surface area contributed by atoms with Gasteiger partial charge in [0.25, 0.3) is 5.91 Å². The lowest BCUT2D eigenvalue weighted by molar-refractivity contribution is -0.151. The normalized spacial score (nSPS) is 15.0. The van der Waals surface area contributed by atoms with Gasteiger partial charge in [0, 0.05) is 36.6 Å². The zero-order chi connectivity index (χ0) is 32.8. The van der Waals surface area contributed by atoms with Crippen molar-refractivity contribution in [1.29, 1.82) is 0 Å². The third-order valence-corrected chi connectivity index (χ3v) is 8.68. The van der Waals surface area contributed by atoms with Crippen LogP contribution in [0.4, 0.5) is 0 Å². The summed E-state index contributed by atoms with van der Waals surface area (Å²) in [5, 5.41) is 11.6. The van der Waals surface area contributed by atoms with Crippen molar-refractivity contribution in [2.75, 3.05) is 40.5 Å². The lowest BCUT2D eigenvalue weighted by atomic mass is 9.80. The molecule has 9 nitrogen and oxygen atoms in total. The fourth-order valence-electron chi connectivity index (χ4n) is 5.87. The molecular weight excluding hydrogens is 572 g/mol. The number of piperidine rings is 1. The number of nitrogens with one attached hydrogen (secondary N) is 1. The maximum absolute atomic E-state index is 13.4. The summed E-state index contributed by atoms with van der Waals surface area (Å²) in [7, 11) is 3.25. The highest BCUT2D eigenvalue weighted by Crippen LogP contribution is 2.37. The number of carbonyl (C=O) groups is 3. The largest absolute Gasteiger partial charge is 0.493 e. The van der Waals surface area contributed by atoms with Crippen LogP contribution in [0.2, 0.25) is 0 Å². The number of hydrogen-bond donors (Lipinski definition) is 2. The molecule has 0 radical (unpaired) electrons. The molecule has 2 N–H and O–H groups in total. The number of nitrogens with zero attached hydrogens (tertiary/aromatic N) is 1. The number of methoxy groups -OCH3 is 2. The van der Waals surface area contributed by atoms with Gasteiger partial charge in [0.2, 0.25) is 11.7 Å².